The van der Waals surface area contributed by atoms with Crippen LogP contribution in [0.1, 0.15) is 116 Å². The molecule has 8 heteroatoms. The lowest BCUT2D eigenvalue weighted by molar-refractivity contribution is -0.0970. The molecule has 1 aromatic rings. The molecular weight excluding hydrogens is 588 g/mol. The second-order valence-electron chi connectivity index (χ2n) is 11.9. The van der Waals surface area contributed by atoms with Crippen molar-refractivity contribution >= 4 is 12.0 Å². The van der Waals surface area contributed by atoms with Crippen molar-refractivity contribution in [3.05, 3.63) is 88.6 Å². The number of benzene rings is 1. The molecule has 0 saturated carbocycles. The smallest absolute Gasteiger partial charge is 0.339 e. The lowest BCUT2D eigenvalue weighted by Crippen LogP contribution is -2.32. The number of carbonyl (C=O) groups excluding carboxylic acids is 1. The van der Waals surface area contributed by atoms with Crippen LogP contribution >= 0.6 is 0 Å². The maximum Gasteiger partial charge on any atom is 0.416 e. The fraction of sp³-hybridized carbons (Fsp3) is 0.541. The molecule has 0 heterocycles. The zero-order chi connectivity index (χ0) is 35.6. The molecule has 0 saturated heterocycles. The highest BCUT2D eigenvalue weighted by Gasteiger charge is 2.37. The van der Waals surface area contributed by atoms with Gasteiger partial charge < -0.3 is 4.90 Å². The number of hydrogen-bond donors (Lipinski definition) is 0. The van der Waals surface area contributed by atoms with Crippen molar-refractivity contribution in [1.29, 1.82) is 0 Å². The van der Waals surface area contributed by atoms with E-state index in [0.717, 1.165) is 31.7 Å². The highest BCUT2D eigenvalue weighted by Crippen LogP contribution is 2.34. The molecular formula is C37H55F6NO. The van der Waals surface area contributed by atoms with Gasteiger partial charge in [0.25, 0.3) is 5.91 Å². The predicted octanol–water partition coefficient (Wildman–Crippen LogP) is 12.6. The summed E-state index contributed by atoms with van der Waals surface area (Å²) in [5, 5.41) is 0. The molecule has 1 amide bonds. The number of alkyl halides is 6. The van der Waals surface area contributed by atoms with Crippen molar-refractivity contribution in [1.82, 2.24) is 4.90 Å². The molecule has 0 radical (unpaired) electrons. The zero-order valence-corrected chi connectivity index (χ0v) is 29.0. The van der Waals surface area contributed by atoms with E-state index in [0.29, 0.717) is 35.7 Å². The Hall–Kier alpha value is -3.03. The number of rotatable bonds is 12. The molecule has 0 aliphatic carbocycles. The summed E-state index contributed by atoms with van der Waals surface area (Å²) in [6.07, 6.45) is -3.83. The van der Waals surface area contributed by atoms with Gasteiger partial charge >= 0.3 is 12.4 Å². The average Bonchev–Trinajstić information content (AvgIpc) is 2.90. The summed E-state index contributed by atoms with van der Waals surface area (Å²) < 4.78 is 78.6. The number of allylic oxidation sites excluding steroid dienone is 7. The molecule has 0 N–H and O–H groups in total. The van der Waals surface area contributed by atoms with Gasteiger partial charge in [0, 0.05) is 24.2 Å². The molecule has 256 valence electrons. The van der Waals surface area contributed by atoms with Crippen molar-refractivity contribution in [3.8, 4) is 0 Å². The third-order valence-corrected chi connectivity index (χ3v) is 6.12. The molecule has 0 unspecified atom stereocenters. The molecule has 2 nitrogen and oxygen atoms in total. The predicted molar refractivity (Wildman–Crippen MR) is 179 cm³/mol. The van der Waals surface area contributed by atoms with E-state index in [1.54, 1.807) is 29.2 Å². The van der Waals surface area contributed by atoms with Gasteiger partial charge in [0.15, 0.2) is 0 Å². The highest BCUT2D eigenvalue weighted by atomic mass is 19.4. The minimum Gasteiger partial charge on any atom is -0.339 e. The van der Waals surface area contributed by atoms with E-state index in [4.69, 9.17) is 0 Å². The van der Waals surface area contributed by atoms with Gasteiger partial charge in [-0.1, -0.05) is 97.4 Å². The van der Waals surface area contributed by atoms with Crippen LogP contribution in [0.4, 0.5) is 26.3 Å². The van der Waals surface area contributed by atoms with Gasteiger partial charge in [-0.15, -0.1) is 6.58 Å². The maximum absolute atomic E-state index is 13.3. The number of halogens is 6. The van der Waals surface area contributed by atoms with E-state index >= 15 is 0 Å². The Kier molecular flexibility index (Phi) is 20.5. The molecule has 1 aromatic carbocycles. The van der Waals surface area contributed by atoms with Gasteiger partial charge in [-0.3, -0.25) is 4.79 Å². The first kappa shape index (κ1) is 44.1. The summed E-state index contributed by atoms with van der Waals surface area (Å²) in [4.78, 5) is 14.6. The fourth-order valence-electron chi connectivity index (χ4n) is 4.24. The summed E-state index contributed by atoms with van der Waals surface area (Å²) in [7, 11) is 0. The van der Waals surface area contributed by atoms with Crippen molar-refractivity contribution in [2.75, 3.05) is 13.1 Å². The standard InChI is InChI=1S/C27H33F6NO.C8H16.C2H6/c1-6-15-34(16-7-2)25(35)22-13-11-20(5)21(17-22)12-9-19(4)10-14-24(27(31,32)33)18-23(8-3)26(28,29)30;1-7(2)6-8(3,4)5;1-2/h9,11-14,17-18H,4,6-8,10,15-16H2,1-3,5H3;1,6H2,2-5H3;1-2H3/b12-9-,23-18+,24-14+;;. The Labute approximate surface area is 268 Å². The van der Waals surface area contributed by atoms with Crippen LogP contribution in [0.5, 0.6) is 0 Å². The Morgan fingerprint density at radius 3 is 1.82 bits per heavy atom. The van der Waals surface area contributed by atoms with Crippen molar-refractivity contribution < 1.29 is 31.1 Å². The first-order chi connectivity index (χ1) is 20.7. The SMILES string of the molecule is C=C(/C=C\c1cc(C(=O)N(CCC)CCC)ccc1C)C/C=C(\C=C(/CC)C(F)(F)F)C(F)(F)F.C=C(C)CC(C)(C)C.CC. The van der Waals surface area contributed by atoms with Gasteiger partial charge in [-0.05, 0) is 80.7 Å². The Bertz CT molecular complexity index is 1150. The third-order valence-electron chi connectivity index (χ3n) is 6.12. The third kappa shape index (κ3) is 19.2. The number of carbonyl (C=O) groups is 1. The maximum atomic E-state index is 13.3. The number of aryl methyl sites for hydroxylation is 1. The number of hydrogen-bond acceptors (Lipinski definition) is 1. The monoisotopic (exact) mass is 643 g/mol. The molecule has 0 atom stereocenters. The largest absolute Gasteiger partial charge is 0.416 e. The molecule has 0 fully saturated rings. The molecule has 0 spiro atoms. The zero-order valence-electron chi connectivity index (χ0n) is 29.0. The van der Waals surface area contributed by atoms with Gasteiger partial charge in [-0.25, -0.2) is 0 Å². The summed E-state index contributed by atoms with van der Waals surface area (Å²) in [6, 6.07) is 5.25. The summed E-state index contributed by atoms with van der Waals surface area (Å²) >= 11 is 0. The molecule has 0 bridgehead atoms. The Morgan fingerprint density at radius 1 is 0.911 bits per heavy atom. The van der Waals surface area contributed by atoms with E-state index in [9.17, 15) is 31.1 Å². The minimum absolute atomic E-state index is 0.0943. The van der Waals surface area contributed by atoms with Crippen molar-refractivity contribution in [2.24, 2.45) is 5.41 Å². The van der Waals surface area contributed by atoms with Crippen LogP contribution in [0.15, 0.2) is 71.9 Å². The number of amides is 1. The second kappa shape index (κ2) is 20.9. The van der Waals surface area contributed by atoms with E-state index in [1.165, 1.54) is 11.6 Å². The lowest BCUT2D eigenvalue weighted by atomic mass is 9.89. The van der Waals surface area contributed by atoms with E-state index in [1.807, 2.05) is 34.6 Å². The Balaban J connectivity index is 0. The molecule has 1 rings (SSSR count). The van der Waals surface area contributed by atoms with Crippen molar-refractivity contribution in [3.63, 3.8) is 0 Å². The molecule has 45 heavy (non-hydrogen) atoms. The van der Waals surface area contributed by atoms with Gasteiger partial charge in [0.05, 0.1) is 5.57 Å². The van der Waals surface area contributed by atoms with Crippen LogP contribution in [0.3, 0.4) is 0 Å². The molecule has 0 aromatic heterocycles. The number of nitrogens with zero attached hydrogens (tertiary/aromatic N) is 1. The topological polar surface area (TPSA) is 20.3 Å². The quantitative estimate of drug-likeness (QED) is 0.126. The van der Waals surface area contributed by atoms with Gasteiger partial charge in [0.1, 0.15) is 0 Å². The van der Waals surface area contributed by atoms with Crippen LogP contribution < -0.4 is 0 Å². The summed E-state index contributed by atoms with van der Waals surface area (Å²) in [5.74, 6) is -0.0943. The van der Waals surface area contributed by atoms with Crippen LogP contribution in [0.25, 0.3) is 6.08 Å². The first-order valence-electron chi connectivity index (χ1n) is 15.6. The van der Waals surface area contributed by atoms with E-state index in [2.05, 4.69) is 40.9 Å². The average molecular weight is 644 g/mol. The van der Waals surface area contributed by atoms with Gasteiger partial charge in [0.2, 0.25) is 0 Å². The van der Waals surface area contributed by atoms with Crippen LogP contribution in [0, 0.1) is 12.3 Å². The highest BCUT2D eigenvalue weighted by molar-refractivity contribution is 5.95. The van der Waals surface area contributed by atoms with Crippen molar-refractivity contribution in [2.45, 2.75) is 114 Å². The normalized spacial score (nSPS) is 12.6. The lowest BCUT2D eigenvalue weighted by Gasteiger charge is -2.22. The van der Waals surface area contributed by atoms with Crippen LogP contribution in [-0.4, -0.2) is 36.2 Å². The summed E-state index contributed by atoms with van der Waals surface area (Å²) in [5.41, 5.74) is 1.43. The summed E-state index contributed by atoms with van der Waals surface area (Å²) in [6.45, 7) is 28.6. The van der Waals surface area contributed by atoms with E-state index in [-0.39, 0.29) is 24.0 Å². The second-order valence-corrected chi connectivity index (χ2v) is 11.9. The van der Waals surface area contributed by atoms with Crippen LogP contribution in [0.2, 0.25) is 0 Å². The molecule has 0 aliphatic rings. The van der Waals surface area contributed by atoms with E-state index < -0.39 is 29.9 Å². The Morgan fingerprint density at radius 2 is 1.44 bits per heavy atom. The van der Waals surface area contributed by atoms with Gasteiger partial charge in [-0.2, -0.15) is 26.3 Å². The molecule has 0 aliphatic heterocycles. The minimum atomic E-state index is -4.93. The fourth-order valence-corrected chi connectivity index (χ4v) is 4.24. The van der Waals surface area contributed by atoms with Crippen LogP contribution in [-0.2, 0) is 0 Å². The first-order valence-corrected chi connectivity index (χ1v) is 15.6.